The molecule has 114 valence electrons. The van der Waals surface area contributed by atoms with Crippen molar-refractivity contribution in [3.05, 3.63) is 35.4 Å². The summed E-state index contributed by atoms with van der Waals surface area (Å²) < 4.78 is 5.65. The Morgan fingerprint density at radius 2 is 2.05 bits per heavy atom. The van der Waals surface area contributed by atoms with Gasteiger partial charge in [-0.15, -0.1) is 0 Å². The van der Waals surface area contributed by atoms with Crippen molar-refractivity contribution in [2.75, 3.05) is 13.7 Å². The van der Waals surface area contributed by atoms with Gasteiger partial charge >= 0.3 is 5.97 Å². The zero-order valence-corrected chi connectivity index (χ0v) is 12.5. The Kier molecular flexibility index (Phi) is 4.27. The molecule has 1 N–H and O–H groups in total. The number of carbonyl (C=O) groups is 1. The molecule has 1 fully saturated rings. The molecule has 0 radical (unpaired) electrons. The molecule has 0 aromatic heterocycles. The molecule has 1 saturated carbocycles. The number of carboxylic acid groups (broad SMARTS) is 1. The summed E-state index contributed by atoms with van der Waals surface area (Å²) in [6.07, 6.45) is 4.84. The van der Waals surface area contributed by atoms with E-state index in [9.17, 15) is 9.90 Å². The number of hydrogen-bond acceptors (Lipinski definition) is 3. The number of ether oxygens (including phenoxy) is 1. The SMILES string of the molecule is COC1CCCCC1N1Cc2ccccc2C(C(=O)O)C1. The average Bonchev–Trinajstić information content (AvgIpc) is 2.53. The molecule has 3 atom stereocenters. The van der Waals surface area contributed by atoms with Crippen LogP contribution in [0.2, 0.25) is 0 Å². The van der Waals surface area contributed by atoms with Crippen LogP contribution in [-0.2, 0) is 16.1 Å². The van der Waals surface area contributed by atoms with Crippen molar-refractivity contribution in [3.8, 4) is 0 Å². The van der Waals surface area contributed by atoms with Gasteiger partial charge in [0.25, 0.3) is 0 Å². The summed E-state index contributed by atoms with van der Waals surface area (Å²) >= 11 is 0. The summed E-state index contributed by atoms with van der Waals surface area (Å²) in [7, 11) is 1.77. The van der Waals surface area contributed by atoms with Crippen LogP contribution < -0.4 is 0 Å². The molecule has 1 aliphatic carbocycles. The van der Waals surface area contributed by atoms with Gasteiger partial charge in [-0.05, 0) is 24.0 Å². The van der Waals surface area contributed by atoms with E-state index < -0.39 is 11.9 Å². The lowest BCUT2D eigenvalue weighted by Crippen LogP contribution is -2.50. The molecule has 0 bridgehead atoms. The first-order valence-corrected chi connectivity index (χ1v) is 7.78. The van der Waals surface area contributed by atoms with Gasteiger partial charge in [-0.3, -0.25) is 9.69 Å². The molecule has 1 aliphatic heterocycles. The minimum Gasteiger partial charge on any atom is -0.481 e. The standard InChI is InChI=1S/C17H23NO3/c1-21-16-9-5-4-8-15(16)18-10-12-6-2-3-7-13(12)14(11-18)17(19)20/h2-3,6-7,14-16H,4-5,8-11H2,1H3,(H,19,20). The van der Waals surface area contributed by atoms with E-state index in [-0.39, 0.29) is 6.10 Å². The maximum atomic E-state index is 11.6. The number of benzene rings is 1. The van der Waals surface area contributed by atoms with Crippen LogP contribution in [0, 0.1) is 0 Å². The highest BCUT2D eigenvalue weighted by Gasteiger charge is 2.37. The van der Waals surface area contributed by atoms with E-state index in [4.69, 9.17) is 4.74 Å². The second-order valence-corrected chi connectivity index (χ2v) is 6.15. The summed E-state index contributed by atoms with van der Waals surface area (Å²) in [5, 5.41) is 9.57. The maximum absolute atomic E-state index is 11.6. The minimum atomic E-state index is -0.725. The molecule has 4 heteroatoms. The number of rotatable bonds is 3. The van der Waals surface area contributed by atoms with Gasteiger partial charge in [0.05, 0.1) is 12.0 Å². The Hall–Kier alpha value is -1.39. The quantitative estimate of drug-likeness (QED) is 0.929. The fourth-order valence-electron chi connectivity index (χ4n) is 3.87. The third kappa shape index (κ3) is 2.83. The summed E-state index contributed by atoms with van der Waals surface area (Å²) in [5.74, 6) is -1.15. The van der Waals surface area contributed by atoms with Crippen LogP contribution in [0.5, 0.6) is 0 Å². The lowest BCUT2D eigenvalue weighted by molar-refractivity contribution is -0.140. The molecule has 3 rings (SSSR count). The summed E-state index contributed by atoms with van der Waals surface area (Å²) in [5.41, 5.74) is 2.13. The first kappa shape index (κ1) is 14.5. The van der Waals surface area contributed by atoms with Crippen molar-refractivity contribution >= 4 is 5.97 Å². The Balaban J connectivity index is 1.87. The highest BCUT2D eigenvalue weighted by atomic mass is 16.5. The van der Waals surface area contributed by atoms with E-state index in [1.165, 1.54) is 12.8 Å². The lowest BCUT2D eigenvalue weighted by atomic mass is 9.85. The molecule has 0 saturated heterocycles. The monoisotopic (exact) mass is 289 g/mol. The first-order valence-electron chi connectivity index (χ1n) is 7.78. The van der Waals surface area contributed by atoms with E-state index >= 15 is 0 Å². The van der Waals surface area contributed by atoms with Gasteiger partial charge in [0.15, 0.2) is 0 Å². The predicted molar refractivity (Wildman–Crippen MR) is 80.3 cm³/mol. The van der Waals surface area contributed by atoms with Crippen molar-refractivity contribution < 1.29 is 14.6 Å². The molecule has 1 aromatic carbocycles. The molecule has 3 unspecified atom stereocenters. The van der Waals surface area contributed by atoms with Gasteiger partial charge in [-0.25, -0.2) is 0 Å². The highest BCUT2D eigenvalue weighted by molar-refractivity contribution is 5.77. The van der Waals surface area contributed by atoms with Crippen molar-refractivity contribution in [2.45, 2.75) is 50.3 Å². The van der Waals surface area contributed by atoms with E-state index in [0.29, 0.717) is 12.6 Å². The van der Waals surface area contributed by atoms with Crippen LogP contribution >= 0.6 is 0 Å². The highest BCUT2D eigenvalue weighted by Crippen LogP contribution is 2.34. The third-order valence-corrected chi connectivity index (χ3v) is 4.96. The van der Waals surface area contributed by atoms with Crippen molar-refractivity contribution in [2.24, 2.45) is 0 Å². The molecule has 4 nitrogen and oxygen atoms in total. The summed E-state index contributed by atoms with van der Waals surface area (Å²) in [6, 6.07) is 8.29. The van der Waals surface area contributed by atoms with Gasteiger partial charge in [-0.2, -0.15) is 0 Å². The van der Waals surface area contributed by atoms with Crippen LogP contribution in [0.15, 0.2) is 24.3 Å². The van der Waals surface area contributed by atoms with Crippen molar-refractivity contribution in [1.29, 1.82) is 0 Å². The van der Waals surface area contributed by atoms with Gasteiger partial charge in [0.1, 0.15) is 0 Å². The Morgan fingerprint density at radius 1 is 1.29 bits per heavy atom. The third-order valence-electron chi connectivity index (χ3n) is 4.96. The van der Waals surface area contributed by atoms with Crippen LogP contribution in [0.4, 0.5) is 0 Å². The van der Waals surface area contributed by atoms with Crippen LogP contribution in [0.25, 0.3) is 0 Å². The molecular weight excluding hydrogens is 266 g/mol. The Labute approximate surface area is 125 Å². The normalized spacial score (nSPS) is 29.9. The Morgan fingerprint density at radius 3 is 2.81 bits per heavy atom. The number of fused-ring (bicyclic) bond motifs is 1. The Bertz CT molecular complexity index is 517. The number of aliphatic carboxylic acids is 1. The molecule has 1 aromatic rings. The van der Waals surface area contributed by atoms with Crippen LogP contribution in [0.1, 0.15) is 42.7 Å². The number of methoxy groups -OCH3 is 1. The number of nitrogens with zero attached hydrogens (tertiary/aromatic N) is 1. The number of hydrogen-bond donors (Lipinski definition) is 1. The molecule has 2 aliphatic rings. The summed E-state index contributed by atoms with van der Waals surface area (Å²) in [6.45, 7) is 1.43. The van der Waals surface area contributed by atoms with Gasteiger partial charge < -0.3 is 9.84 Å². The smallest absolute Gasteiger partial charge is 0.312 e. The van der Waals surface area contributed by atoms with E-state index in [1.807, 2.05) is 18.2 Å². The molecule has 0 amide bonds. The lowest BCUT2D eigenvalue weighted by Gasteiger charge is -2.43. The first-order chi connectivity index (χ1) is 10.2. The van der Waals surface area contributed by atoms with Crippen molar-refractivity contribution in [3.63, 3.8) is 0 Å². The largest absolute Gasteiger partial charge is 0.481 e. The topological polar surface area (TPSA) is 49.8 Å². The summed E-state index contributed by atoms with van der Waals surface area (Å²) in [4.78, 5) is 14.0. The second kappa shape index (κ2) is 6.16. The zero-order chi connectivity index (χ0) is 14.8. The van der Waals surface area contributed by atoms with Gasteiger partial charge in [-0.1, -0.05) is 37.1 Å². The van der Waals surface area contributed by atoms with Crippen LogP contribution in [0.3, 0.4) is 0 Å². The average molecular weight is 289 g/mol. The molecule has 1 heterocycles. The predicted octanol–water partition coefficient (Wildman–Crippen LogP) is 2.63. The van der Waals surface area contributed by atoms with Gasteiger partial charge in [0, 0.05) is 26.2 Å². The maximum Gasteiger partial charge on any atom is 0.312 e. The fourth-order valence-corrected chi connectivity index (χ4v) is 3.87. The number of carboxylic acids is 1. The van der Waals surface area contributed by atoms with Gasteiger partial charge in [0.2, 0.25) is 0 Å². The van der Waals surface area contributed by atoms with E-state index in [2.05, 4.69) is 11.0 Å². The fraction of sp³-hybridized carbons (Fsp3) is 0.588. The van der Waals surface area contributed by atoms with Crippen LogP contribution in [-0.4, -0.2) is 41.8 Å². The molecule has 21 heavy (non-hydrogen) atoms. The zero-order valence-electron chi connectivity index (χ0n) is 12.5. The minimum absolute atomic E-state index is 0.235. The van der Waals surface area contributed by atoms with E-state index in [1.54, 1.807) is 7.11 Å². The van der Waals surface area contributed by atoms with E-state index in [0.717, 1.165) is 30.5 Å². The second-order valence-electron chi connectivity index (χ2n) is 6.15. The molecule has 0 spiro atoms. The molecular formula is C17H23NO3. The van der Waals surface area contributed by atoms with Crippen molar-refractivity contribution in [1.82, 2.24) is 4.90 Å².